The van der Waals surface area contributed by atoms with Gasteiger partial charge in [-0.3, -0.25) is 5.14 Å². The number of fused-ring (bicyclic) bond motifs is 1. The largest absolute Gasteiger partial charge is 0.490 e. The van der Waals surface area contributed by atoms with Crippen molar-refractivity contribution < 1.29 is 4.74 Å². The fourth-order valence-electron chi connectivity index (χ4n) is 3.62. The van der Waals surface area contributed by atoms with Gasteiger partial charge in [0.25, 0.3) is 0 Å². The summed E-state index contributed by atoms with van der Waals surface area (Å²) in [5, 5.41) is 16.0. The summed E-state index contributed by atoms with van der Waals surface area (Å²) in [6.45, 7) is 3.88. The second-order valence-corrected chi connectivity index (χ2v) is 8.34. The van der Waals surface area contributed by atoms with Crippen LogP contribution in [-0.4, -0.2) is 15.5 Å². The van der Waals surface area contributed by atoms with Gasteiger partial charge < -0.3 is 4.74 Å². The molecule has 0 saturated heterocycles. The lowest BCUT2D eigenvalue weighted by atomic mass is 10.0. The minimum absolute atomic E-state index is 0.00751. The smallest absolute Gasteiger partial charge is 0.173 e. The molecule has 8 heteroatoms. The molecule has 6 nitrogen and oxygen atoms in total. The van der Waals surface area contributed by atoms with Gasteiger partial charge in [-0.2, -0.15) is 9.64 Å². The Kier molecular flexibility index (Phi) is 5.83. The molecule has 148 valence electrons. The first kappa shape index (κ1) is 19.9. The molecule has 4 rings (SSSR count). The SMILES string of the molecule is CC(C)Oc1ccc(-c2nsc(-c3cccc4c3CCC4NSN)n2)cc1C#N. The van der Waals surface area contributed by atoms with E-state index < -0.39 is 0 Å². The average Bonchev–Trinajstić information content (AvgIpc) is 3.36. The van der Waals surface area contributed by atoms with Crippen LogP contribution >= 0.6 is 23.7 Å². The molecule has 1 aliphatic rings. The highest BCUT2D eigenvalue weighted by molar-refractivity contribution is 7.95. The molecule has 29 heavy (non-hydrogen) atoms. The number of hydrogen-bond donors (Lipinski definition) is 2. The van der Waals surface area contributed by atoms with Gasteiger partial charge in [0.15, 0.2) is 5.82 Å². The van der Waals surface area contributed by atoms with Gasteiger partial charge in [-0.15, -0.1) is 0 Å². The Bertz CT molecular complexity index is 1070. The van der Waals surface area contributed by atoms with Gasteiger partial charge in [-0.25, -0.2) is 9.71 Å². The third-order valence-electron chi connectivity index (χ3n) is 4.86. The molecular formula is C21H21N5OS2. The van der Waals surface area contributed by atoms with Crippen LogP contribution in [0.3, 0.4) is 0 Å². The fourth-order valence-corrected chi connectivity index (χ4v) is 4.77. The fraction of sp³-hybridized carbons (Fsp3) is 0.286. The first-order valence-electron chi connectivity index (χ1n) is 9.39. The number of benzene rings is 2. The minimum Gasteiger partial charge on any atom is -0.490 e. The molecule has 1 unspecified atom stereocenters. The van der Waals surface area contributed by atoms with Gasteiger partial charge in [-0.05, 0) is 67.5 Å². The summed E-state index contributed by atoms with van der Waals surface area (Å²) in [6, 6.07) is 14.3. The van der Waals surface area contributed by atoms with Crippen LogP contribution in [0.15, 0.2) is 36.4 Å². The maximum atomic E-state index is 9.48. The van der Waals surface area contributed by atoms with Gasteiger partial charge >= 0.3 is 0 Å². The number of nitriles is 1. The van der Waals surface area contributed by atoms with E-state index >= 15 is 0 Å². The highest BCUT2D eigenvalue weighted by atomic mass is 32.2. The molecule has 1 aliphatic carbocycles. The Morgan fingerprint density at radius 2 is 2.21 bits per heavy atom. The molecule has 0 fully saturated rings. The molecule has 3 N–H and O–H groups in total. The lowest BCUT2D eigenvalue weighted by Gasteiger charge is -2.12. The molecule has 1 heterocycles. The third-order valence-corrected chi connectivity index (χ3v) is 6.03. The number of ether oxygens (including phenoxy) is 1. The molecule has 1 atom stereocenters. The van der Waals surface area contributed by atoms with Crippen molar-refractivity contribution in [2.75, 3.05) is 0 Å². The van der Waals surface area contributed by atoms with E-state index in [2.05, 4.69) is 33.4 Å². The summed E-state index contributed by atoms with van der Waals surface area (Å²) >= 11 is 2.54. The van der Waals surface area contributed by atoms with Crippen molar-refractivity contribution in [3.05, 3.63) is 53.1 Å². The van der Waals surface area contributed by atoms with E-state index in [0.29, 0.717) is 17.1 Å². The molecule has 0 saturated carbocycles. The standard InChI is InChI=1S/C21H21N5OS2/c1-12(2)27-19-9-6-13(10-14(19)11-22)20-24-21(28-26-20)17-5-3-4-16-15(17)7-8-18(16)25-29-23/h3-6,9-10,12,18,25H,7-8,23H2,1-2H3. The molecule has 0 radical (unpaired) electrons. The van der Waals surface area contributed by atoms with Crippen molar-refractivity contribution >= 4 is 23.7 Å². The Balaban J connectivity index is 1.66. The monoisotopic (exact) mass is 423 g/mol. The topological polar surface area (TPSA) is 96.8 Å². The highest BCUT2D eigenvalue weighted by Crippen LogP contribution is 2.39. The van der Waals surface area contributed by atoms with Crippen LogP contribution in [-0.2, 0) is 6.42 Å². The number of nitrogens with zero attached hydrogens (tertiary/aromatic N) is 3. The zero-order valence-corrected chi connectivity index (χ0v) is 17.8. The van der Waals surface area contributed by atoms with Gasteiger partial charge in [0, 0.05) is 29.3 Å². The number of nitrogens with two attached hydrogens (primary N) is 1. The molecule has 0 spiro atoms. The second kappa shape index (κ2) is 8.51. The average molecular weight is 424 g/mol. The summed E-state index contributed by atoms with van der Waals surface area (Å²) in [7, 11) is 0. The predicted molar refractivity (Wildman–Crippen MR) is 117 cm³/mol. The third kappa shape index (κ3) is 4.00. The van der Waals surface area contributed by atoms with E-state index in [1.165, 1.54) is 22.7 Å². The lowest BCUT2D eigenvalue weighted by molar-refractivity contribution is 0.242. The van der Waals surface area contributed by atoms with E-state index in [1.54, 1.807) is 6.07 Å². The highest BCUT2D eigenvalue weighted by Gasteiger charge is 2.26. The van der Waals surface area contributed by atoms with Crippen LogP contribution in [0.4, 0.5) is 0 Å². The Labute approximate surface area is 178 Å². The zero-order valence-electron chi connectivity index (χ0n) is 16.2. The first-order chi connectivity index (χ1) is 14.1. The number of hydrogen-bond acceptors (Lipinski definition) is 8. The van der Waals surface area contributed by atoms with Crippen LogP contribution in [0.1, 0.15) is 43.0 Å². The van der Waals surface area contributed by atoms with Gasteiger partial charge in [0.1, 0.15) is 16.8 Å². The van der Waals surface area contributed by atoms with E-state index in [-0.39, 0.29) is 12.1 Å². The minimum atomic E-state index is 0.00751. The van der Waals surface area contributed by atoms with Crippen molar-refractivity contribution in [3.63, 3.8) is 0 Å². The van der Waals surface area contributed by atoms with Crippen LogP contribution in [0.25, 0.3) is 22.0 Å². The lowest BCUT2D eigenvalue weighted by Crippen LogP contribution is -2.13. The van der Waals surface area contributed by atoms with E-state index in [4.69, 9.17) is 14.9 Å². The number of rotatable bonds is 6. The van der Waals surface area contributed by atoms with Crippen molar-refractivity contribution in [2.45, 2.75) is 38.8 Å². The van der Waals surface area contributed by atoms with Crippen LogP contribution in [0.5, 0.6) is 5.75 Å². The molecule has 1 aromatic heterocycles. The summed E-state index contributed by atoms with van der Waals surface area (Å²) < 4.78 is 13.5. The van der Waals surface area contributed by atoms with Crippen LogP contribution < -0.4 is 14.6 Å². The van der Waals surface area contributed by atoms with Crippen LogP contribution in [0.2, 0.25) is 0 Å². The maximum absolute atomic E-state index is 9.48. The van der Waals surface area contributed by atoms with Gasteiger partial charge in [0.2, 0.25) is 0 Å². The van der Waals surface area contributed by atoms with Gasteiger partial charge in [0.05, 0.1) is 11.7 Å². The van der Waals surface area contributed by atoms with E-state index in [1.807, 2.05) is 26.0 Å². The molecule has 0 amide bonds. The summed E-state index contributed by atoms with van der Waals surface area (Å²) in [4.78, 5) is 4.77. The van der Waals surface area contributed by atoms with Crippen molar-refractivity contribution in [1.82, 2.24) is 14.1 Å². The first-order valence-corrected chi connectivity index (χ1v) is 11.0. The molecule has 3 aromatic rings. The second-order valence-electron chi connectivity index (χ2n) is 7.11. The maximum Gasteiger partial charge on any atom is 0.173 e. The van der Waals surface area contributed by atoms with Crippen molar-refractivity contribution in [1.29, 1.82) is 5.26 Å². The van der Waals surface area contributed by atoms with E-state index in [9.17, 15) is 5.26 Å². The molecule has 0 aliphatic heterocycles. The van der Waals surface area contributed by atoms with Crippen molar-refractivity contribution in [2.24, 2.45) is 5.14 Å². The normalized spacial score (nSPS) is 15.3. The van der Waals surface area contributed by atoms with Crippen LogP contribution in [0, 0.1) is 11.3 Å². The summed E-state index contributed by atoms with van der Waals surface area (Å²) in [5.41, 5.74) is 5.00. The van der Waals surface area contributed by atoms with Crippen molar-refractivity contribution in [3.8, 4) is 33.8 Å². The Morgan fingerprint density at radius 1 is 1.34 bits per heavy atom. The molecule has 0 bridgehead atoms. The zero-order chi connectivity index (χ0) is 20.4. The summed E-state index contributed by atoms with van der Waals surface area (Å²) in [5.74, 6) is 1.21. The molecular weight excluding hydrogens is 402 g/mol. The predicted octanol–water partition coefficient (Wildman–Crippen LogP) is 4.63. The Hall–Kier alpha value is -2.44. The van der Waals surface area contributed by atoms with E-state index in [0.717, 1.165) is 41.1 Å². The van der Waals surface area contributed by atoms with Gasteiger partial charge in [-0.1, -0.05) is 18.2 Å². The number of nitrogens with one attached hydrogen (secondary N) is 1. The summed E-state index contributed by atoms with van der Waals surface area (Å²) in [6.07, 6.45) is 2.01. The number of aromatic nitrogens is 2. The quantitative estimate of drug-likeness (QED) is 0.558. The Morgan fingerprint density at radius 3 is 2.97 bits per heavy atom. The molecule has 2 aromatic carbocycles.